The van der Waals surface area contributed by atoms with Crippen molar-refractivity contribution in [3.05, 3.63) is 37.4 Å². The third-order valence-electron chi connectivity index (χ3n) is 6.26. The van der Waals surface area contributed by atoms with Crippen LogP contribution in [0.1, 0.15) is 103 Å². The molecule has 0 spiro atoms. The Hall–Kier alpha value is -2.77. The molecule has 0 aliphatic carbocycles. The van der Waals surface area contributed by atoms with E-state index >= 15 is 0 Å². The van der Waals surface area contributed by atoms with Gasteiger partial charge in [0, 0.05) is 23.2 Å². The van der Waals surface area contributed by atoms with E-state index in [4.69, 9.17) is 27.7 Å². The van der Waals surface area contributed by atoms with Crippen LogP contribution in [0.15, 0.2) is 37.4 Å². The predicted octanol–water partition coefficient (Wildman–Crippen LogP) is 3.70. The summed E-state index contributed by atoms with van der Waals surface area (Å²) in [6.45, 7) is 2.19. The van der Waals surface area contributed by atoms with E-state index in [2.05, 4.69) is 55.7 Å². The Morgan fingerprint density at radius 3 is 1.12 bits per heavy atom. The molecule has 0 bridgehead atoms. The average molecular weight is 603 g/mol. The van der Waals surface area contributed by atoms with Gasteiger partial charge in [-0.25, -0.2) is 18.3 Å². The maximum Gasteiger partial charge on any atom is 0.303 e. The van der Waals surface area contributed by atoms with Crippen LogP contribution in [0.3, 0.4) is 0 Å². The zero-order chi connectivity index (χ0) is 30.9. The molecule has 2 N–H and O–H groups in total. The number of aryl methyl sites for hydroxylation is 4. The van der Waals surface area contributed by atoms with E-state index in [0.29, 0.717) is 12.8 Å². The minimum absolute atomic E-state index is 0.324. The molecule has 12 nitrogen and oxygen atoms in total. The van der Waals surface area contributed by atoms with Crippen molar-refractivity contribution in [2.24, 2.45) is 14.1 Å². The van der Waals surface area contributed by atoms with Crippen LogP contribution < -0.4 is 9.13 Å². The topological polar surface area (TPSA) is 172 Å². The summed E-state index contributed by atoms with van der Waals surface area (Å²) in [5, 5.41) is 17.0. The maximum atomic E-state index is 10.3. The van der Waals surface area contributed by atoms with E-state index < -0.39 is 22.3 Å². The fourth-order valence-corrected chi connectivity index (χ4v) is 4.18. The van der Waals surface area contributed by atoms with E-state index in [9.17, 15) is 9.59 Å². The Labute approximate surface area is 245 Å². The third-order valence-corrected chi connectivity index (χ3v) is 6.26. The smallest absolute Gasteiger partial charge is 0.303 e. The Kier molecular flexibility index (Phi) is 22.3. The van der Waals surface area contributed by atoms with Gasteiger partial charge < -0.3 is 19.3 Å². The molecule has 2 heterocycles. The van der Waals surface area contributed by atoms with Gasteiger partial charge in [-0.2, -0.15) is 0 Å². The fourth-order valence-electron chi connectivity index (χ4n) is 4.18. The molecule has 0 aliphatic rings. The van der Waals surface area contributed by atoms with E-state index in [0.717, 1.165) is 38.8 Å². The Bertz CT molecular complexity index is 977. The van der Waals surface area contributed by atoms with Gasteiger partial charge in [-0.15, -0.1) is 0 Å². The van der Waals surface area contributed by atoms with Crippen LogP contribution in [0.2, 0.25) is 0 Å². The van der Waals surface area contributed by atoms with E-state index in [1.165, 1.54) is 64.2 Å². The zero-order valence-electron chi connectivity index (χ0n) is 24.7. The molecule has 0 amide bonds. The quantitative estimate of drug-likeness (QED) is 0.0999. The number of unbranched alkanes of at least 4 members (excludes halogenated alkanes) is 12. The zero-order valence-corrected chi connectivity index (χ0v) is 25.5. The summed E-state index contributed by atoms with van der Waals surface area (Å²) in [6, 6.07) is 0. The van der Waals surface area contributed by atoms with Crippen LogP contribution in [0.25, 0.3) is 0 Å². The second-order valence-electron chi connectivity index (χ2n) is 10.3. The molecular formula is C28H50N4O8S. The molecule has 13 heteroatoms. The van der Waals surface area contributed by atoms with Crippen molar-refractivity contribution in [3.63, 3.8) is 0 Å². The van der Waals surface area contributed by atoms with Gasteiger partial charge in [-0.3, -0.25) is 18.0 Å². The number of carbonyl (C=O) groups is 2. The van der Waals surface area contributed by atoms with E-state index in [-0.39, 0.29) is 0 Å². The van der Waals surface area contributed by atoms with Gasteiger partial charge in [0.25, 0.3) is 0 Å². The summed E-state index contributed by atoms with van der Waals surface area (Å²) in [5.41, 5.74) is 0. The Morgan fingerprint density at radius 2 is 0.878 bits per heavy atom. The lowest BCUT2D eigenvalue weighted by molar-refractivity contribution is -0.671. The summed E-state index contributed by atoms with van der Waals surface area (Å²) in [6.07, 6.45) is 29.3. The van der Waals surface area contributed by atoms with Crippen molar-refractivity contribution in [2.45, 2.75) is 116 Å². The van der Waals surface area contributed by atoms with Crippen LogP contribution in [0, 0.1) is 0 Å². The van der Waals surface area contributed by atoms with Crippen LogP contribution in [-0.4, -0.2) is 48.8 Å². The fraction of sp³-hybridized carbons (Fsp3) is 0.714. The van der Waals surface area contributed by atoms with E-state index in [1.54, 1.807) is 0 Å². The Balaban J connectivity index is 0.000000671. The molecule has 0 radical (unpaired) electrons. The molecule has 2 aromatic heterocycles. The third kappa shape index (κ3) is 30.0. The first-order valence-corrected chi connectivity index (χ1v) is 15.8. The van der Waals surface area contributed by atoms with Crippen molar-refractivity contribution in [1.82, 2.24) is 9.13 Å². The first kappa shape index (κ1) is 38.2. The number of imidazole rings is 2. The Morgan fingerprint density at radius 1 is 0.610 bits per heavy atom. The first-order valence-electron chi connectivity index (χ1n) is 14.5. The van der Waals surface area contributed by atoms with Crippen molar-refractivity contribution >= 4 is 22.3 Å². The molecule has 0 saturated carbocycles. The molecule has 0 fully saturated rings. The highest BCUT2D eigenvalue weighted by Gasteiger charge is 2.01. The van der Waals surface area contributed by atoms with Gasteiger partial charge in [0.15, 0.2) is 0 Å². The van der Waals surface area contributed by atoms with Crippen molar-refractivity contribution in [1.29, 1.82) is 0 Å². The lowest BCUT2D eigenvalue weighted by Gasteiger charge is -2.06. The summed E-state index contributed by atoms with van der Waals surface area (Å²) in [7, 11) is -1.10. The van der Waals surface area contributed by atoms with Crippen molar-refractivity contribution in [2.75, 3.05) is 0 Å². The number of nitrogens with zero attached hydrogens (tertiary/aromatic N) is 4. The monoisotopic (exact) mass is 602 g/mol. The molecule has 0 unspecified atom stereocenters. The standard InChI is InChI=1S/2C14H24N2O2.H2O4S/c2*1-15-11-12-16(13-15)10-8-6-4-2-3-5-7-9-14(17)18;1-5(2,3)4/h2*11-13H,2-10H2,1H3;(H2,1,2,3,4). The normalized spacial score (nSPS) is 10.8. The minimum Gasteiger partial charge on any atom is -0.759 e. The maximum absolute atomic E-state index is 10.3. The minimum atomic E-state index is -5.17. The SMILES string of the molecule is C[n+]1ccn(CCCCCCCCCC(=O)O)c1.C[n+]1ccn(CCCCCCCCCC(=O)O)c1.O=S(=O)([O-])[O-]. The van der Waals surface area contributed by atoms with E-state index in [1.807, 2.05) is 14.1 Å². The molecule has 2 rings (SSSR count). The number of hydrogen-bond donors (Lipinski definition) is 2. The number of aromatic nitrogens is 4. The molecule has 0 aliphatic heterocycles. The second-order valence-corrected chi connectivity index (χ2v) is 11.1. The number of carboxylic acids is 2. The molecular weight excluding hydrogens is 552 g/mol. The molecule has 236 valence electrons. The predicted molar refractivity (Wildman–Crippen MR) is 151 cm³/mol. The van der Waals surface area contributed by atoms with Crippen LogP contribution >= 0.6 is 0 Å². The second kappa shape index (κ2) is 23.9. The van der Waals surface area contributed by atoms with Crippen LogP contribution in [0.5, 0.6) is 0 Å². The molecule has 0 saturated heterocycles. The van der Waals surface area contributed by atoms with Gasteiger partial charge in [-0.1, -0.05) is 51.4 Å². The molecule has 2 aromatic rings. The number of hydrogen-bond acceptors (Lipinski definition) is 6. The number of carboxylic acid groups (broad SMARTS) is 2. The molecule has 0 aromatic carbocycles. The highest BCUT2D eigenvalue weighted by atomic mass is 32.3. The van der Waals surface area contributed by atoms with Gasteiger partial charge in [0.05, 0.1) is 27.2 Å². The average Bonchev–Trinajstić information content (AvgIpc) is 3.48. The van der Waals surface area contributed by atoms with Gasteiger partial charge in [0.2, 0.25) is 12.7 Å². The summed E-state index contributed by atoms with van der Waals surface area (Å²) in [4.78, 5) is 20.6. The first-order chi connectivity index (χ1) is 19.4. The number of aliphatic carboxylic acids is 2. The van der Waals surface area contributed by atoms with Crippen molar-refractivity contribution < 1.29 is 46.5 Å². The highest BCUT2D eigenvalue weighted by Crippen LogP contribution is 2.10. The summed E-state index contributed by atoms with van der Waals surface area (Å²) >= 11 is 0. The lowest BCUT2D eigenvalue weighted by Crippen LogP contribution is -2.23. The van der Waals surface area contributed by atoms with Gasteiger partial charge >= 0.3 is 11.9 Å². The summed E-state index contributed by atoms with van der Waals surface area (Å²) in [5.74, 6) is -1.34. The largest absolute Gasteiger partial charge is 0.759 e. The van der Waals surface area contributed by atoms with Gasteiger partial charge in [0.1, 0.15) is 24.8 Å². The lowest BCUT2D eigenvalue weighted by atomic mass is 10.1. The van der Waals surface area contributed by atoms with Gasteiger partial charge in [-0.05, 0) is 38.5 Å². The number of rotatable bonds is 20. The highest BCUT2D eigenvalue weighted by molar-refractivity contribution is 7.79. The van der Waals surface area contributed by atoms with Crippen LogP contribution in [0.4, 0.5) is 0 Å². The molecule has 41 heavy (non-hydrogen) atoms. The van der Waals surface area contributed by atoms with Crippen LogP contribution in [-0.2, 0) is 47.2 Å². The molecule has 0 atom stereocenters. The summed E-state index contributed by atoms with van der Waals surface area (Å²) < 4.78 is 42.6. The van der Waals surface area contributed by atoms with Crippen molar-refractivity contribution in [3.8, 4) is 0 Å².